The van der Waals surface area contributed by atoms with Gasteiger partial charge in [0, 0.05) is 31.7 Å². The topological polar surface area (TPSA) is 65.5 Å². The number of amides is 1. The summed E-state index contributed by atoms with van der Waals surface area (Å²) in [7, 11) is 0. The third kappa shape index (κ3) is 4.70. The third-order valence-electron chi connectivity index (χ3n) is 4.33. The normalized spacial score (nSPS) is 17.3. The largest absolute Gasteiger partial charge is 0.393 e. The number of rotatable bonds is 6. The first-order chi connectivity index (χ1) is 10.6. The van der Waals surface area contributed by atoms with Crippen molar-refractivity contribution in [1.29, 1.82) is 0 Å². The summed E-state index contributed by atoms with van der Waals surface area (Å²) in [4.78, 5) is 18.8. The van der Waals surface area contributed by atoms with Gasteiger partial charge in [0.05, 0.1) is 6.10 Å². The summed E-state index contributed by atoms with van der Waals surface area (Å²) < 4.78 is 0. The Kier molecular flexibility index (Phi) is 6.19. The van der Waals surface area contributed by atoms with Crippen molar-refractivity contribution in [2.75, 3.05) is 24.5 Å². The summed E-state index contributed by atoms with van der Waals surface area (Å²) >= 11 is 0. The van der Waals surface area contributed by atoms with Gasteiger partial charge in [-0.15, -0.1) is 0 Å². The van der Waals surface area contributed by atoms with Crippen molar-refractivity contribution in [2.45, 2.75) is 45.6 Å². The van der Waals surface area contributed by atoms with Gasteiger partial charge >= 0.3 is 0 Å². The van der Waals surface area contributed by atoms with Crippen LogP contribution in [0.2, 0.25) is 0 Å². The Hall–Kier alpha value is -1.62. The molecule has 1 aliphatic heterocycles. The molecule has 2 heterocycles. The number of nitrogens with one attached hydrogen (secondary N) is 1. The predicted molar refractivity (Wildman–Crippen MR) is 87.8 cm³/mol. The molecule has 1 aromatic rings. The molecule has 1 aliphatic rings. The standard InChI is InChI=1S/C17H27N3O2/c1-3-15(21)6-9-18-17(22)14-7-10-20(11-8-14)16-5-4-13(2)12-19-16/h4-5,12,14-15,21H,3,6-11H2,1-2H3,(H,18,22). The van der Waals surface area contributed by atoms with Crippen LogP contribution in [0.1, 0.15) is 38.2 Å². The van der Waals surface area contributed by atoms with Crippen LogP contribution in [0.15, 0.2) is 18.3 Å². The number of nitrogens with zero attached hydrogens (tertiary/aromatic N) is 2. The molecule has 22 heavy (non-hydrogen) atoms. The molecule has 1 atom stereocenters. The van der Waals surface area contributed by atoms with Gasteiger partial charge in [0.1, 0.15) is 5.82 Å². The maximum Gasteiger partial charge on any atom is 0.223 e. The number of aliphatic hydroxyl groups is 1. The zero-order valence-electron chi connectivity index (χ0n) is 13.6. The monoisotopic (exact) mass is 305 g/mol. The van der Waals surface area contributed by atoms with Gasteiger partial charge in [-0.1, -0.05) is 13.0 Å². The van der Waals surface area contributed by atoms with Gasteiger partial charge in [-0.05, 0) is 44.2 Å². The lowest BCUT2D eigenvalue weighted by Gasteiger charge is -2.32. The molecular formula is C17H27N3O2. The van der Waals surface area contributed by atoms with Crippen molar-refractivity contribution in [3.05, 3.63) is 23.9 Å². The molecular weight excluding hydrogens is 278 g/mol. The fourth-order valence-electron chi connectivity index (χ4n) is 2.73. The Morgan fingerprint density at radius 2 is 2.18 bits per heavy atom. The van der Waals surface area contributed by atoms with E-state index >= 15 is 0 Å². The lowest BCUT2D eigenvalue weighted by molar-refractivity contribution is -0.125. The Labute approximate surface area is 132 Å². The number of aliphatic hydroxyl groups excluding tert-OH is 1. The van der Waals surface area contributed by atoms with Crippen molar-refractivity contribution in [3.8, 4) is 0 Å². The van der Waals surface area contributed by atoms with E-state index in [1.807, 2.05) is 26.1 Å². The van der Waals surface area contributed by atoms with E-state index < -0.39 is 0 Å². The summed E-state index contributed by atoms with van der Waals surface area (Å²) in [5.41, 5.74) is 1.16. The highest BCUT2D eigenvalue weighted by atomic mass is 16.3. The smallest absolute Gasteiger partial charge is 0.223 e. The minimum absolute atomic E-state index is 0.0838. The van der Waals surface area contributed by atoms with Crippen LogP contribution in [0.5, 0.6) is 0 Å². The van der Waals surface area contributed by atoms with Gasteiger partial charge in [-0.3, -0.25) is 4.79 Å². The Morgan fingerprint density at radius 3 is 2.77 bits per heavy atom. The number of aromatic nitrogens is 1. The average molecular weight is 305 g/mol. The molecule has 0 spiro atoms. The van der Waals surface area contributed by atoms with Crippen LogP contribution in [0.3, 0.4) is 0 Å². The van der Waals surface area contributed by atoms with E-state index in [1.54, 1.807) is 0 Å². The Bertz CT molecular complexity index is 467. The molecule has 0 aliphatic carbocycles. The number of piperidine rings is 1. The van der Waals surface area contributed by atoms with Gasteiger partial charge in [0.2, 0.25) is 5.91 Å². The highest BCUT2D eigenvalue weighted by Gasteiger charge is 2.25. The molecule has 5 nitrogen and oxygen atoms in total. The van der Waals surface area contributed by atoms with E-state index in [9.17, 15) is 9.90 Å². The third-order valence-corrected chi connectivity index (χ3v) is 4.33. The molecule has 1 aromatic heterocycles. The maximum atomic E-state index is 12.1. The molecule has 0 bridgehead atoms. The van der Waals surface area contributed by atoms with Crippen LogP contribution in [0.4, 0.5) is 5.82 Å². The molecule has 122 valence electrons. The first kappa shape index (κ1) is 16.7. The predicted octanol–water partition coefficient (Wildman–Crippen LogP) is 1.88. The molecule has 5 heteroatoms. The maximum absolute atomic E-state index is 12.1. The second-order valence-corrected chi connectivity index (χ2v) is 6.10. The van der Waals surface area contributed by atoms with E-state index in [4.69, 9.17) is 0 Å². The van der Waals surface area contributed by atoms with Gasteiger partial charge in [-0.2, -0.15) is 0 Å². The SMILES string of the molecule is CCC(O)CCNC(=O)C1CCN(c2ccc(C)cn2)CC1. The summed E-state index contributed by atoms with van der Waals surface area (Å²) in [6, 6.07) is 4.11. The molecule has 2 N–H and O–H groups in total. The number of hydrogen-bond donors (Lipinski definition) is 2. The van der Waals surface area contributed by atoms with Gasteiger partial charge in [-0.25, -0.2) is 4.98 Å². The molecule has 0 aromatic carbocycles. The van der Waals surface area contributed by atoms with E-state index in [2.05, 4.69) is 21.3 Å². The molecule has 1 amide bonds. The number of hydrogen-bond acceptors (Lipinski definition) is 4. The fourth-order valence-corrected chi connectivity index (χ4v) is 2.73. The molecule has 2 rings (SSSR count). The zero-order chi connectivity index (χ0) is 15.9. The molecule has 1 unspecified atom stereocenters. The second-order valence-electron chi connectivity index (χ2n) is 6.10. The highest BCUT2D eigenvalue weighted by molar-refractivity contribution is 5.78. The van der Waals surface area contributed by atoms with Crippen molar-refractivity contribution in [3.63, 3.8) is 0 Å². The van der Waals surface area contributed by atoms with Crippen molar-refractivity contribution in [2.24, 2.45) is 5.92 Å². The number of anilines is 1. The fraction of sp³-hybridized carbons (Fsp3) is 0.647. The van der Waals surface area contributed by atoms with Gasteiger partial charge < -0.3 is 15.3 Å². The molecule has 0 saturated carbocycles. The van der Waals surface area contributed by atoms with Crippen LogP contribution >= 0.6 is 0 Å². The zero-order valence-corrected chi connectivity index (χ0v) is 13.6. The van der Waals surface area contributed by atoms with E-state index in [0.717, 1.165) is 43.7 Å². The number of carbonyl (C=O) groups excluding carboxylic acids is 1. The van der Waals surface area contributed by atoms with Crippen LogP contribution in [0, 0.1) is 12.8 Å². The average Bonchev–Trinajstić information content (AvgIpc) is 2.55. The van der Waals surface area contributed by atoms with E-state index in [-0.39, 0.29) is 17.9 Å². The van der Waals surface area contributed by atoms with Crippen LogP contribution in [-0.4, -0.2) is 41.7 Å². The number of carbonyl (C=O) groups is 1. The van der Waals surface area contributed by atoms with E-state index in [1.165, 1.54) is 0 Å². The molecule has 1 saturated heterocycles. The first-order valence-corrected chi connectivity index (χ1v) is 8.23. The van der Waals surface area contributed by atoms with E-state index in [0.29, 0.717) is 13.0 Å². The van der Waals surface area contributed by atoms with Crippen LogP contribution in [-0.2, 0) is 4.79 Å². The lowest BCUT2D eigenvalue weighted by atomic mass is 9.96. The number of aryl methyl sites for hydroxylation is 1. The Balaban J connectivity index is 1.74. The van der Waals surface area contributed by atoms with Gasteiger partial charge in [0.25, 0.3) is 0 Å². The van der Waals surface area contributed by atoms with Crippen LogP contribution < -0.4 is 10.2 Å². The van der Waals surface area contributed by atoms with Crippen LogP contribution in [0.25, 0.3) is 0 Å². The minimum atomic E-state index is -0.310. The Morgan fingerprint density at radius 1 is 1.45 bits per heavy atom. The lowest BCUT2D eigenvalue weighted by Crippen LogP contribution is -2.41. The first-order valence-electron chi connectivity index (χ1n) is 8.23. The van der Waals surface area contributed by atoms with Gasteiger partial charge in [0.15, 0.2) is 0 Å². The van der Waals surface area contributed by atoms with Crippen molar-refractivity contribution < 1.29 is 9.90 Å². The number of pyridine rings is 1. The summed E-state index contributed by atoms with van der Waals surface area (Å²) in [6.45, 7) is 6.27. The molecule has 1 fully saturated rings. The highest BCUT2D eigenvalue weighted by Crippen LogP contribution is 2.22. The van der Waals surface area contributed by atoms with Crippen molar-refractivity contribution >= 4 is 11.7 Å². The summed E-state index contributed by atoms with van der Waals surface area (Å²) in [5, 5.41) is 12.4. The minimum Gasteiger partial charge on any atom is -0.393 e. The summed E-state index contributed by atoms with van der Waals surface area (Å²) in [5.74, 6) is 1.20. The quantitative estimate of drug-likeness (QED) is 0.842. The second kappa shape index (κ2) is 8.13. The summed E-state index contributed by atoms with van der Waals surface area (Å²) in [6.07, 6.45) is 4.66. The molecule has 0 radical (unpaired) electrons. The van der Waals surface area contributed by atoms with Crippen molar-refractivity contribution in [1.82, 2.24) is 10.3 Å².